The van der Waals surface area contributed by atoms with Crippen LogP contribution in [-0.2, 0) is 13.0 Å². The zero-order chi connectivity index (χ0) is 18.8. The van der Waals surface area contributed by atoms with Crippen molar-refractivity contribution >= 4 is 21.9 Å². The van der Waals surface area contributed by atoms with Crippen molar-refractivity contribution in [1.29, 1.82) is 0 Å². The summed E-state index contributed by atoms with van der Waals surface area (Å²) in [6.07, 6.45) is 4.67. The number of fused-ring (bicyclic) bond motifs is 3. The average Bonchev–Trinajstić information content (AvgIpc) is 3.04. The van der Waals surface area contributed by atoms with Crippen LogP contribution in [0.2, 0.25) is 0 Å². The molecule has 27 heavy (non-hydrogen) atoms. The van der Waals surface area contributed by atoms with Crippen LogP contribution in [-0.4, -0.2) is 16.7 Å². The summed E-state index contributed by atoms with van der Waals surface area (Å²) in [4.78, 5) is 4.81. The Morgan fingerprint density at radius 2 is 1.89 bits per heavy atom. The van der Waals surface area contributed by atoms with Crippen LogP contribution in [0.5, 0.6) is 5.75 Å². The van der Waals surface area contributed by atoms with Gasteiger partial charge in [0.2, 0.25) is 11.7 Å². The van der Waals surface area contributed by atoms with Crippen LogP contribution in [0.15, 0.2) is 54.7 Å². The van der Waals surface area contributed by atoms with Crippen molar-refractivity contribution in [3.8, 4) is 5.75 Å². The molecule has 2 aromatic carbocycles. The van der Waals surface area contributed by atoms with Gasteiger partial charge in [0, 0.05) is 19.0 Å². The molecule has 0 amide bonds. The Morgan fingerprint density at radius 1 is 1.11 bits per heavy atom. The molecule has 138 valence electrons. The van der Waals surface area contributed by atoms with Crippen LogP contribution in [0.3, 0.4) is 0 Å². The molecule has 0 unspecified atom stereocenters. The fourth-order valence-electron chi connectivity index (χ4n) is 3.55. The van der Waals surface area contributed by atoms with Crippen molar-refractivity contribution in [3.63, 3.8) is 0 Å². The number of rotatable bonds is 6. The van der Waals surface area contributed by atoms with E-state index in [-0.39, 0.29) is 0 Å². The minimum atomic E-state index is 0.669. The summed E-state index contributed by atoms with van der Waals surface area (Å²) in [5.74, 6) is 1.87. The number of ether oxygens (including phenoxy) is 1. The summed E-state index contributed by atoms with van der Waals surface area (Å²) < 4.78 is 8.45. The maximum Gasteiger partial charge on any atom is 0.226 e. The third kappa shape index (κ3) is 3.21. The molecular formula is C22H23N3O2. The van der Waals surface area contributed by atoms with E-state index in [2.05, 4.69) is 23.6 Å². The SMILES string of the molecule is CCCCc1nc2c[n+]([O-])c3ccccc3c2n1Cc1ccc(OC)cc1. The van der Waals surface area contributed by atoms with Gasteiger partial charge in [0.1, 0.15) is 11.6 Å². The number of aromatic nitrogens is 3. The Morgan fingerprint density at radius 3 is 2.63 bits per heavy atom. The smallest absolute Gasteiger partial charge is 0.226 e. The molecule has 2 heterocycles. The van der Waals surface area contributed by atoms with Crippen LogP contribution >= 0.6 is 0 Å². The lowest BCUT2D eigenvalue weighted by Gasteiger charge is -2.11. The van der Waals surface area contributed by atoms with Gasteiger partial charge in [0.05, 0.1) is 18.0 Å². The van der Waals surface area contributed by atoms with E-state index < -0.39 is 0 Å². The lowest BCUT2D eigenvalue weighted by Crippen LogP contribution is -2.26. The molecule has 0 aliphatic carbocycles. The number of benzene rings is 2. The van der Waals surface area contributed by atoms with Gasteiger partial charge in [0.25, 0.3) is 0 Å². The first-order valence-electron chi connectivity index (χ1n) is 9.34. The summed E-state index contributed by atoms with van der Waals surface area (Å²) in [6, 6.07) is 15.8. The molecular weight excluding hydrogens is 338 g/mol. The van der Waals surface area contributed by atoms with Crippen LogP contribution in [0, 0.1) is 5.21 Å². The highest BCUT2D eigenvalue weighted by Crippen LogP contribution is 2.26. The van der Waals surface area contributed by atoms with Crippen molar-refractivity contribution in [2.75, 3.05) is 7.11 Å². The molecule has 4 rings (SSSR count). The van der Waals surface area contributed by atoms with Crippen molar-refractivity contribution in [2.24, 2.45) is 0 Å². The molecule has 5 nitrogen and oxygen atoms in total. The second-order valence-corrected chi connectivity index (χ2v) is 6.77. The second-order valence-electron chi connectivity index (χ2n) is 6.77. The van der Waals surface area contributed by atoms with Gasteiger partial charge in [-0.2, -0.15) is 4.73 Å². The molecule has 2 aromatic heterocycles. The molecule has 0 fully saturated rings. The summed E-state index contributed by atoms with van der Waals surface area (Å²) in [5.41, 5.74) is 3.63. The molecule has 0 aliphatic rings. The van der Waals surface area contributed by atoms with Crippen LogP contribution in [0.25, 0.3) is 21.9 Å². The highest BCUT2D eigenvalue weighted by atomic mass is 16.5. The largest absolute Gasteiger partial charge is 0.618 e. The van der Waals surface area contributed by atoms with E-state index in [9.17, 15) is 5.21 Å². The van der Waals surface area contributed by atoms with Crippen molar-refractivity contribution < 1.29 is 9.47 Å². The summed E-state index contributed by atoms with van der Waals surface area (Å²) in [5, 5.41) is 13.3. The number of para-hydroxylation sites is 1. The maximum absolute atomic E-state index is 12.4. The van der Waals surface area contributed by atoms with Gasteiger partial charge in [-0.05, 0) is 30.2 Å². The zero-order valence-corrected chi connectivity index (χ0v) is 15.7. The van der Waals surface area contributed by atoms with E-state index >= 15 is 0 Å². The Labute approximate surface area is 158 Å². The van der Waals surface area contributed by atoms with E-state index in [1.54, 1.807) is 13.3 Å². The quantitative estimate of drug-likeness (QED) is 0.382. The average molecular weight is 361 g/mol. The number of hydrogen-bond acceptors (Lipinski definition) is 3. The summed E-state index contributed by atoms with van der Waals surface area (Å²) in [6.45, 7) is 2.89. The number of methoxy groups -OCH3 is 1. The van der Waals surface area contributed by atoms with Gasteiger partial charge in [0.15, 0.2) is 5.52 Å². The van der Waals surface area contributed by atoms with Gasteiger partial charge in [-0.25, -0.2) is 4.98 Å². The molecule has 0 N–H and O–H groups in total. The lowest BCUT2D eigenvalue weighted by molar-refractivity contribution is -0.575. The monoisotopic (exact) mass is 361 g/mol. The maximum atomic E-state index is 12.4. The molecule has 5 heteroatoms. The number of aryl methyl sites for hydroxylation is 1. The Hall–Kier alpha value is -3.08. The van der Waals surface area contributed by atoms with Crippen LogP contribution < -0.4 is 9.47 Å². The molecule has 0 atom stereocenters. The lowest BCUT2D eigenvalue weighted by atomic mass is 10.1. The van der Waals surface area contributed by atoms with E-state index in [1.807, 2.05) is 36.4 Å². The Kier molecular flexibility index (Phi) is 4.67. The number of nitrogens with zero attached hydrogens (tertiary/aromatic N) is 3. The Balaban J connectivity index is 1.90. The van der Waals surface area contributed by atoms with E-state index in [0.29, 0.717) is 12.1 Å². The number of imidazole rings is 1. The van der Waals surface area contributed by atoms with Gasteiger partial charge in [-0.1, -0.05) is 37.6 Å². The highest BCUT2D eigenvalue weighted by Gasteiger charge is 2.18. The van der Waals surface area contributed by atoms with E-state index in [1.165, 1.54) is 5.56 Å². The first kappa shape index (κ1) is 17.3. The number of unbranched alkanes of at least 4 members (excludes halogenated alkanes) is 1. The molecule has 0 saturated carbocycles. The van der Waals surface area contributed by atoms with Crippen molar-refractivity contribution in [1.82, 2.24) is 9.55 Å². The topological polar surface area (TPSA) is 54.0 Å². The first-order valence-corrected chi connectivity index (χ1v) is 9.34. The third-order valence-electron chi connectivity index (χ3n) is 4.96. The van der Waals surface area contributed by atoms with Gasteiger partial charge in [-0.15, -0.1) is 0 Å². The van der Waals surface area contributed by atoms with Crippen LogP contribution in [0.4, 0.5) is 0 Å². The van der Waals surface area contributed by atoms with Crippen molar-refractivity contribution in [3.05, 3.63) is 71.3 Å². The first-order chi connectivity index (χ1) is 13.2. The molecule has 0 radical (unpaired) electrons. The minimum Gasteiger partial charge on any atom is -0.618 e. The van der Waals surface area contributed by atoms with E-state index in [0.717, 1.165) is 52.0 Å². The van der Waals surface area contributed by atoms with Crippen LogP contribution in [0.1, 0.15) is 31.2 Å². The number of pyridine rings is 1. The standard InChI is InChI=1S/C22H23N3O2/c1-3-4-9-21-23-19-15-25(26)20-8-6-5-7-18(20)22(19)24(21)14-16-10-12-17(27-2)13-11-16/h5-8,10-13,15H,3-4,9,14H2,1-2H3. The molecule has 0 saturated heterocycles. The normalized spacial score (nSPS) is 11.3. The molecule has 0 aliphatic heterocycles. The van der Waals surface area contributed by atoms with Gasteiger partial charge in [-0.3, -0.25) is 0 Å². The Bertz CT molecular complexity index is 1080. The van der Waals surface area contributed by atoms with E-state index in [4.69, 9.17) is 9.72 Å². The predicted molar refractivity (Wildman–Crippen MR) is 107 cm³/mol. The molecule has 0 bridgehead atoms. The summed E-state index contributed by atoms with van der Waals surface area (Å²) in [7, 11) is 1.67. The third-order valence-corrected chi connectivity index (χ3v) is 4.96. The number of hydrogen-bond donors (Lipinski definition) is 0. The minimum absolute atomic E-state index is 0.669. The molecule has 4 aromatic rings. The predicted octanol–water partition coefficient (Wildman–Crippen LogP) is 4.22. The van der Waals surface area contributed by atoms with Gasteiger partial charge >= 0.3 is 0 Å². The fourth-order valence-corrected chi connectivity index (χ4v) is 3.55. The highest BCUT2D eigenvalue weighted by molar-refractivity contribution is 6.00. The fraction of sp³-hybridized carbons (Fsp3) is 0.273. The zero-order valence-electron chi connectivity index (χ0n) is 15.7. The second kappa shape index (κ2) is 7.27. The van der Waals surface area contributed by atoms with Crippen molar-refractivity contribution in [2.45, 2.75) is 32.7 Å². The van der Waals surface area contributed by atoms with Gasteiger partial charge < -0.3 is 14.5 Å². The summed E-state index contributed by atoms with van der Waals surface area (Å²) >= 11 is 0. The molecule has 0 spiro atoms.